The molecule has 20 heavy (non-hydrogen) atoms. The van der Waals surface area contributed by atoms with Crippen LogP contribution in [0.2, 0.25) is 5.02 Å². The number of nitrogens with two attached hydrogens (primary N) is 1. The van der Waals surface area contributed by atoms with E-state index in [9.17, 15) is 13.2 Å². The Bertz CT molecular complexity index is 633. The molecule has 10 heteroatoms. The molecule has 0 spiro atoms. The van der Waals surface area contributed by atoms with Crippen LogP contribution in [0.5, 0.6) is 0 Å². The molecule has 0 aliphatic carbocycles. The molecule has 1 aromatic carbocycles. The van der Waals surface area contributed by atoms with Crippen LogP contribution < -0.4 is 15.2 Å². The number of ether oxygens (including phenoxy) is 1. The Morgan fingerprint density at radius 1 is 1.50 bits per heavy atom. The zero-order chi connectivity index (χ0) is 15.3. The van der Waals surface area contributed by atoms with Crippen molar-refractivity contribution in [2.45, 2.75) is 6.92 Å². The summed E-state index contributed by atoms with van der Waals surface area (Å²) in [6.07, 6.45) is -1.10. The summed E-state index contributed by atoms with van der Waals surface area (Å²) >= 11 is 10.6. The number of hydrogen-bond acceptors (Lipinski definition) is 5. The van der Waals surface area contributed by atoms with E-state index in [1.165, 1.54) is 18.2 Å². The van der Waals surface area contributed by atoms with Crippen molar-refractivity contribution < 1.29 is 17.9 Å². The molecule has 0 unspecified atom stereocenters. The summed E-state index contributed by atoms with van der Waals surface area (Å²) in [6, 6.07) is 4.29. The second-order valence-corrected chi connectivity index (χ2v) is 5.77. The van der Waals surface area contributed by atoms with E-state index in [0.717, 1.165) is 0 Å². The maximum atomic E-state index is 11.7. The first-order valence-corrected chi connectivity index (χ1v) is 7.58. The molecule has 0 aliphatic heterocycles. The number of rotatable bonds is 5. The van der Waals surface area contributed by atoms with Crippen molar-refractivity contribution in [1.82, 2.24) is 4.72 Å². The van der Waals surface area contributed by atoms with Crippen LogP contribution in [0.3, 0.4) is 0 Å². The number of hydrogen-bond donors (Lipinski definition) is 3. The summed E-state index contributed by atoms with van der Waals surface area (Å²) in [5, 5.41) is 0.277. The number of thiocarbonyl (C=S) groups is 1. The summed E-state index contributed by atoms with van der Waals surface area (Å²) < 4.78 is 31.7. The zero-order valence-electron chi connectivity index (χ0n) is 10.3. The van der Waals surface area contributed by atoms with Gasteiger partial charge in [0.15, 0.2) is 0 Å². The Labute approximate surface area is 126 Å². The molecule has 0 aromatic heterocycles. The van der Waals surface area contributed by atoms with Gasteiger partial charge in [0.25, 0.3) is 0 Å². The second-order valence-electron chi connectivity index (χ2n) is 3.48. The van der Waals surface area contributed by atoms with Crippen molar-refractivity contribution in [2.75, 3.05) is 11.3 Å². The monoisotopic (exact) mass is 337 g/mol. The van der Waals surface area contributed by atoms with Crippen molar-refractivity contribution >= 4 is 50.8 Å². The van der Waals surface area contributed by atoms with Crippen LogP contribution in [0.1, 0.15) is 12.5 Å². The van der Waals surface area contributed by atoms with Crippen LogP contribution in [0.25, 0.3) is 0 Å². The molecule has 1 rings (SSSR count). The van der Waals surface area contributed by atoms with Crippen LogP contribution >= 0.6 is 23.8 Å². The molecule has 110 valence electrons. The molecule has 0 fully saturated rings. The van der Waals surface area contributed by atoms with E-state index < -0.39 is 16.3 Å². The van der Waals surface area contributed by atoms with Crippen molar-refractivity contribution in [3.63, 3.8) is 0 Å². The minimum Gasteiger partial charge on any atom is -0.449 e. The van der Waals surface area contributed by atoms with Gasteiger partial charge in [0.2, 0.25) is 0 Å². The van der Waals surface area contributed by atoms with Crippen LogP contribution in [0.15, 0.2) is 18.2 Å². The van der Waals surface area contributed by atoms with Gasteiger partial charge >= 0.3 is 16.3 Å². The fraction of sp³-hybridized carbons (Fsp3) is 0.200. The van der Waals surface area contributed by atoms with Gasteiger partial charge in [-0.2, -0.15) is 8.42 Å². The van der Waals surface area contributed by atoms with Gasteiger partial charge in [-0.15, -0.1) is 0 Å². The summed E-state index contributed by atoms with van der Waals surface area (Å²) in [5.41, 5.74) is 5.81. The fourth-order valence-electron chi connectivity index (χ4n) is 1.26. The van der Waals surface area contributed by atoms with Gasteiger partial charge < -0.3 is 10.5 Å². The first-order valence-electron chi connectivity index (χ1n) is 5.32. The third-order valence-electron chi connectivity index (χ3n) is 1.98. The minimum atomic E-state index is -4.18. The van der Waals surface area contributed by atoms with E-state index in [4.69, 9.17) is 29.6 Å². The van der Waals surface area contributed by atoms with Gasteiger partial charge in [0.1, 0.15) is 4.99 Å². The van der Waals surface area contributed by atoms with Gasteiger partial charge in [-0.1, -0.05) is 23.8 Å². The lowest BCUT2D eigenvalue weighted by Gasteiger charge is -2.12. The molecule has 1 amide bonds. The summed E-state index contributed by atoms with van der Waals surface area (Å²) in [7, 11) is -4.18. The van der Waals surface area contributed by atoms with Crippen LogP contribution in [0.4, 0.5) is 10.5 Å². The zero-order valence-corrected chi connectivity index (χ0v) is 12.7. The molecule has 7 nitrogen and oxygen atoms in total. The molecule has 4 N–H and O–H groups in total. The molecule has 0 aliphatic rings. The molecule has 0 saturated heterocycles. The fourth-order valence-corrected chi connectivity index (χ4v) is 2.39. The highest BCUT2D eigenvalue weighted by Gasteiger charge is 2.17. The summed E-state index contributed by atoms with van der Waals surface area (Å²) in [4.78, 5) is 11.1. The first-order chi connectivity index (χ1) is 9.25. The second kappa shape index (κ2) is 6.73. The van der Waals surface area contributed by atoms with Crippen molar-refractivity contribution in [3.05, 3.63) is 28.8 Å². The Morgan fingerprint density at radius 2 is 2.15 bits per heavy atom. The van der Waals surface area contributed by atoms with Crippen LogP contribution in [-0.4, -0.2) is 26.1 Å². The average molecular weight is 338 g/mol. The molecular weight excluding hydrogens is 326 g/mol. The highest BCUT2D eigenvalue weighted by molar-refractivity contribution is 7.91. The Hall–Kier alpha value is -1.58. The quantitative estimate of drug-likeness (QED) is 0.700. The predicted molar refractivity (Wildman–Crippen MR) is 80.0 cm³/mol. The number of nitrogens with one attached hydrogen (secondary N) is 2. The van der Waals surface area contributed by atoms with Crippen molar-refractivity contribution in [3.8, 4) is 0 Å². The Morgan fingerprint density at radius 3 is 2.70 bits per heavy atom. The molecule has 0 radical (unpaired) electrons. The topological polar surface area (TPSA) is 111 Å². The third kappa shape index (κ3) is 4.83. The van der Waals surface area contributed by atoms with E-state index in [2.05, 4.69) is 9.46 Å². The van der Waals surface area contributed by atoms with Gasteiger partial charge in [0, 0.05) is 10.6 Å². The maximum absolute atomic E-state index is 11.7. The highest BCUT2D eigenvalue weighted by atomic mass is 35.5. The SMILES string of the molecule is CCOC(=O)NS(=O)(=O)Nc1cc(Cl)ccc1C(N)=S. The highest BCUT2D eigenvalue weighted by Crippen LogP contribution is 2.21. The third-order valence-corrected chi connectivity index (χ3v) is 3.36. The summed E-state index contributed by atoms with van der Waals surface area (Å²) in [5.74, 6) is 0. The van der Waals surface area contributed by atoms with Crippen LogP contribution in [0, 0.1) is 0 Å². The van der Waals surface area contributed by atoms with Gasteiger partial charge in [0.05, 0.1) is 12.3 Å². The lowest BCUT2D eigenvalue weighted by atomic mass is 10.2. The lowest BCUT2D eigenvalue weighted by molar-refractivity contribution is 0.159. The predicted octanol–water partition coefficient (Wildman–Crippen LogP) is 1.38. The largest absolute Gasteiger partial charge is 0.449 e. The van der Waals surface area contributed by atoms with Crippen LogP contribution in [-0.2, 0) is 14.9 Å². The van der Waals surface area contributed by atoms with E-state index in [1.54, 1.807) is 11.6 Å². The van der Waals surface area contributed by atoms with Gasteiger partial charge in [-0.25, -0.2) is 9.52 Å². The standard InChI is InChI=1S/C10H12ClN3O4S2/c1-2-18-10(15)14-20(16,17)13-8-5-6(11)3-4-7(8)9(12)19/h3-5,13H,2H2,1H3,(H2,12,19)(H,14,15). The number of halogens is 1. The molecule has 0 heterocycles. The maximum Gasteiger partial charge on any atom is 0.422 e. The molecule has 0 bridgehead atoms. The molecule has 0 saturated carbocycles. The van der Waals surface area contributed by atoms with E-state index >= 15 is 0 Å². The Kier molecular flexibility index (Phi) is 5.54. The smallest absolute Gasteiger partial charge is 0.422 e. The lowest BCUT2D eigenvalue weighted by Crippen LogP contribution is -2.36. The first kappa shape index (κ1) is 16.5. The number of benzene rings is 1. The molecule has 0 atom stereocenters. The van der Waals surface area contributed by atoms with Gasteiger partial charge in [-0.3, -0.25) is 4.72 Å². The van der Waals surface area contributed by atoms with E-state index in [-0.39, 0.29) is 27.9 Å². The number of amides is 1. The minimum absolute atomic E-state index is 0.0181. The summed E-state index contributed by atoms with van der Waals surface area (Å²) in [6.45, 7) is 1.58. The number of anilines is 1. The van der Waals surface area contributed by atoms with E-state index in [0.29, 0.717) is 0 Å². The van der Waals surface area contributed by atoms with Gasteiger partial charge in [-0.05, 0) is 25.1 Å². The normalized spacial score (nSPS) is 10.7. The van der Waals surface area contributed by atoms with Crippen molar-refractivity contribution in [2.24, 2.45) is 5.73 Å². The molecule has 1 aromatic rings. The van der Waals surface area contributed by atoms with Crippen molar-refractivity contribution in [1.29, 1.82) is 0 Å². The number of carbonyl (C=O) groups is 1. The average Bonchev–Trinajstić information content (AvgIpc) is 2.26. The number of carbonyl (C=O) groups excluding carboxylic acids is 1. The molecular formula is C10H12ClN3O4S2. The van der Waals surface area contributed by atoms with E-state index in [1.807, 2.05) is 0 Å². The Balaban J connectivity index is 3.00.